The number of aromatic nitrogens is 4. The van der Waals surface area contributed by atoms with Gasteiger partial charge in [-0.15, -0.1) is 16.4 Å². The SMILES string of the molecule is Cc1ccc(-c2nc(C)c(C(C)NC(=O)CCn3nnc4ccccc4c3=O)s2)cc1. The summed E-state index contributed by atoms with van der Waals surface area (Å²) in [6.45, 7) is 6.12. The number of rotatable bonds is 6. The van der Waals surface area contributed by atoms with Gasteiger partial charge in [0.1, 0.15) is 10.5 Å². The minimum atomic E-state index is -0.243. The Hall–Kier alpha value is -3.39. The summed E-state index contributed by atoms with van der Waals surface area (Å²) in [4.78, 5) is 30.7. The molecule has 8 heteroatoms. The lowest BCUT2D eigenvalue weighted by Crippen LogP contribution is -2.30. The van der Waals surface area contributed by atoms with E-state index in [1.807, 2.05) is 13.8 Å². The first kappa shape index (κ1) is 20.9. The van der Waals surface area contributed by atoms with Gasteiger partial charge < -0.3 is 5.32 Å². The van der Waals surface area contributed by atoms with Gasteiger partial charge in [-0.1, -0.05) is 47.2 Å². The van der Waals surface area contributed by atoms with E-state index in [4.69, 9.17) is 0 Å². The number of fused-ring (bicyclic) bond motifs is 1. The van der Waals surface area contributed by atoms with E-state index in [0.29, 0.717) is 10.9 Å². The number of amides is 1. The zero-order valence-electron chi connectivity index (χ0n) is 17.6. The molecule has 0 fully saturated rings. The third-order valence-electron chi connectivity index (χ3n) is 5.08. The molecule has 0 spiro atoms. The molecule has 1 amide bonds. The first-order valence-corrected chi connectivity index (χ1v) is 10.9. The Bertz CT molecular complexity index is 1290. The lowest BCUT2D eigenvalue weighted by atomic mass is 10.2. The van der Waals surface area contributed by atoms with Crippen LogP contribution in [0, 0.1) is 13.8 Å². The summed E-state index contributed by atoms with van der Waals surface area (Å²) in [6.07, 6.45) is 0.139. The molecule has 0 bridgehead atoms. The van der Waals surface area contributed by atoms with E-state index in [-0.39, 0.29) is 30.5 Å². The molecule has 0 aliphatic carbocycles. The van der Waals surface area contributed by atoms with Gasteiger partial charge in [-0.25, -0.2) is 9.67 Å². The van der Waals surface area contributed by atoms with E-state index in [9.17, 15) is 9.59 Å². The van der Waals surface area contributed by atoms with Gasteiger partial charge in [0, 0.05) is 12.0 Å². The second kappa shape index (κ2) is 8.77. The maximum absolute atomic E-state index is 12.5. The van der Waals surface area contributed by atoms with Crippen LogP contribution in [0.5, 0.6) is 0 Å². The van der Waals surface area contributed by atoms with Gasteiger partial charge in [0.15, 0.2) is 0 Å². The molecule has 0 saturated carbocycles. The molecular weight excluding hydrogens is 410 g/mol. The first-order valence-electron chi connectivity index (χ1n) is 10.1. The average Bonchev–Trinajstić information content (AvgIpc) is 3.15. The van der Waals surface area contributed by atoms with Crippen LogP contribution < -0.4 is 10.9 Å². The van der Waals surface area contributed by atoms with Crippen molar-refractivity contribution in [1.29, 1.82) is 0 Å². The highest BCUT2D eigenvalue weighted by atomic mass is 32.1. The average molecular weight is 434 g/mol. The lowest BCUT2D eigenvalue weighted by Gasteiger charge is -2.13. The molecule has 31 heavy (non-hydrogen) atoms. The Kier molecular flexibility index (Phi) is 5.90. The fourth-order valence-electron chi connectivity index (χ4n) is 3.39. The molecule has 2 aromatic carbocycles. The zero-order chi connectivity index (χ0) is 22.0. The monoisotopic (exact) mass is 433 g/mol. The minimum Gasteiger partial charge on any atom is -0.349 e. The van der Waals surface area contributed by atoms with Crippen LogP contribution >= 0.6 is 11.3 Å². The van der Waals surface area contributed by atoms with Crippen LogP contribution in [0.25, 0.3) is 21.5 Å². The topological polar surface area (TPSA) is 89.8 Å². The fraction of sp³-hybridized carbons (Fsp3) is 0.261. The number of carbonyl (C=O) groups excluding carboxylic acids is 1. The third-order valence-corrected chi connectivity index (χ3v) is 6.47. The summed E-state index contributed by atoms with van der Waals surface area (Å²) in [5.41, 5.74) is 3.48. The van der Waals surface area contributed by atoms with Crippen LogP contribution in [0.3, 0.4) is 0 Å². The summed E-state index contributed by atoms with van der Waals surface area (Å²) in [5, 5.41) is 12.4. The van der Waals surface area contributed by atoms with Crippen molar-refractivity contribution in [2.24, 2.45) is 0 Å². The summed E-state index contributed by atoms with van der Waals surface area (Å²) in [7, 11) is 0. The molecule has 1 atom stereocenters. The number of benzene rings is 2. The predicted octanol–water partition coefficient (Wildman–Crippen LogP) is 3.80. The van der Waals surface area contributed by atoms with Crippen LogP contribution in [0.2, 0.25) is 0 Å². The quantitative estimate of drug-likeness (QED) is 0.500. The maximum atomic E-state index is 12.5. The van der Waals surface area contributed by atoms with Crippen molar-refractivity contribution in [2.75, 3.05) is 0 Å². The van der Waals surface area contributed by atoms with Gasteiger partial charge in [-0.3, -0.25) is 9.59 Å². The molecule has 0 aliphatic heterocycles. The molecule has 1 unspecified atom stereocenters. The van der Waals surface area contributed by atoms with Crippen molar-refractivity contribution >= 4 is 28.1 Å². The van der Waals surface area contributed by atoms with Crippen LogP contribution in [0.1, 0.15) is 35.5 Å². The van der Waals surface area contributed by atoms with Crippen molar-refractivity contribution < 1.29 is 4.79 Å². The Morgan fingerprint density at radius 1 is 1.13 bits per heavy atom. The van der Waals surface area contributed by atoms with E-state index in [2.05, 4.69) is 51.8 Å². The molecule has 2 aromatic heterocycles. The number of hydrogen-bond donors (Lipinski definition) is 1. The van der Waals surface area contributed by atoms with Crippen LogP contribution in [0.15, 0.2) is 53.3 Å². The van der Waals surface area contributed by atoms with Crippen molar-refractivity contribution in [3.05, 3.63) is 75.0 Å². The van der Waals surface area contributed by atoms with Gasteiger partial charge in [-0.05, 0) is 32.9 Å². The molecule has 0 radical (unpaired) electrons. The molecule has 1 N–H and O–H groups in total. The second-order valence-electron chi connectivity index (χ2n) is 7.51. The first-order chi connectivity index (χ1) is 14.9. The molecule has 7 nitrogen and oxygen atoms in total. The molecule has 158 valence electrons. The summed E-state index contributed by atoms with van der Waals surface area (Å²) in [5.74, 6) is -0.154. The van der Waals surface area contributed by atoms with E-state index in [1.54, 1.807) is 35.6 Å². The predicted molar refractivity (Wildman–Crippen MR) is 122 cm³/mol. The molecular formula is C23H23N5O2S. The van der Waals surface area contributed by atoms with Crippen molar-refractivity contribution in [3.8, 4) is 10.6 Å². The summed E-state index contributed by atoms with van der Waals surface area (Å²) < 4.78 is 1.24. The number of nitrogens with one attached hydrogen (secondary N) is 1. The van der Waals surface area contributed by atoms with Gasteiger partial charge in [-0.2, -0.15) is 0 Å². The Labute approximate surface area is 183 Å². The van der Waals surface area contributed by atoms with Gasteiger partial charge in [0.05, 0.1) is 28.5 Å². The van der Waals surface area contributed by atoms with Gasteiger partial charge >= 0.3 is 0 Å². The number of aryl methyl sites for hydroxylation is 3. The Balaban J connectivity index is 1.42. The smallest absolute Gasteiger partial charge is 0.277 e. The molecule has 0 saturated heterocycles. The normalized spacial score (nSPS) is 12.1. The highest BCUT2D eigenvalue weighted by molar-refractivity contribution is 7.15. The summed E-state index contributed by atoms with van der Waals surface area (Å²) in [6, 6.07) is 15.1. The summed E-state index contributed by atoms with van der Waals surface area (Å²) >= 11 is 1.58. The largest absolute Gasteiger partial charge is 0.349 e. The number of nitrogens with zero attached hydrogens (tertiary/aromatic N) is 4. The maximum Gasteiger partial charge on any atom is 0.277 e. The number of hydrogen-bond acceptors (Lipinski definition) is 6. The Morgan fingerprint density at radius 3 is 2.65 bits per heavy atom. The van der Waals surface area contributed by atoms with Crippen molar-refractivity contribution in [2.45, 2.75) is 39.8 Å². The fourth-order valence-corrected chi connectivity index (χ4v) is 4.46. The zero-order valence-corrected chi connectivity index (χ0v) is 18.4. The second-order valence-corrected chi connectivity index (χ2v) is 8.54. The number of thiazole rings is 1. The lowest BCUT2D eigenvalue weighted by molar-refractivity contribution is -0.122. The van der Waals surface area contributed by atoms with E-state index >= 15 is 0 Å². The minimum absolute atomic E-state index is 0.139. The van der Waals surface area contributed by atoms with Gasteiger partial charge in [0.25, 0.3) is 5.56 Å². The van der Waals surface area contributed by atoms with Crippen molar-refractivity contribution in [1.82, 2.24) is 25.3 Å². The molecule has 2 heterocycles. The van der Waals surface area contributed by atoms with Crippen molar-refractivity contribution in [3.63, 3.8) is 0 Å². The van der Waals surface area contributed by atoms with E-state index in [1.165, 1.54) is 10.2 Å². The van der Waals surface area contributed by atoms with Crippen LogP contribution in [-0.4, -0.2) is 25.9 Å². The molecule has 4 aromatic rings. The highest BCUT2D eigenvalue weighted by Crippen LogP contribution is 2.31. The van der Waals surface area contributed by atoms with Gasteiger partial charge in [0.2, 0.25) is 5.91 Å². The standard InChI is InChI=1S/C23H23N5O2S/c1-14-8-10-17(11-9-14)22-25-16(3)21(31-22)15(2)24-20(29)12-13-28-23(30)18-6-4-5-7-19(18)26-27-28/h4-11,15H,12-13H2,1-3H3,(H,24,29). The Morgan fingerprint density at radius 2 is 1.87 bits per heavy atom. The highest BCUT2D eigenvalue weighted by Gasteiger charge is 2.17. The molecule has 4 rings (SSSR count). The van der Waals surface area contributed by atoms with Crippen LogP contribution in [0.4, 0.5) is 0 Å². The van der Waals surface area contributed by atoms with E-state index in [0.717, 1.165) is 21.1 Å². The van der Waals surface area contributed by atoms with Crippen LogP contribution in [-0.2, 0) is 11.3 Å². The third kappa shape index (κ3) is 4.54. The van der Waals surface area contributed by atoms with E-state index < -0.39 is 0 Å². The number of carbonyl (C=O) groups is 1. The molecule has 0 aliphatic rings.